The molecular weight excluding hydrogens is 305 g/mol. The minimum Gasteiger partial charge on any atom is -0.392 e. The summed E-state index contributed by atoms with van der Waals surface area (Å²) < 4.78 is 0. The SMILES string of the molecule is NCC(c1ccc(Cl)cc1Cl)C(O)CCc1ccccc1. The van der Waals surface area contributed by atoms with E-state index in [9.17, 15) is 5.11 Å². The van der Waals surface area contributed by atoms with Crippen LogP contribution >= 0.6 is 23.2 Å². The molecule has 3 N–H and O–H groups in total. The van der Waals surface area contributed by atoms with E-state index in [2.05, 4.69) is 12.1 Å². The summed E-state index contributed by atoms with van der Waals surface area (Å²) in [6, 6.07) is 15.4. The largest absolute Gasteiger partial charge is 0.392 e. The highest BCUT2D eigenvalue weighted by Gasteiger charge is 2.22. The molecule has 2 rings (SSSR count). The van der Waals surface area contributed by atoms with Crippen molar-refractivity contribution in [1.82, 2.24) is 0 Å². The van der Waals surface area contributed by atoms with E-state index in [0.29, 0.717) is 23.0 Å². The maximum atomic E-state index is 10.4. The third kappa shape index (κ3) is 4.45. The second-order valence-corrected chi connectivity index (χ2v) is 5.94. The van der Waals surface area contributed by atoms with Crippen molar-refractivity contribution in [3.8, 4) is 0 Å². The maximum Gasteiger partial charge on any atom is 0.0624 e. The summed E-state index contributed by atoms with van der Waals surface area (Å²) in [6.07, 6.45) is 0.919. The molecule has 2 nitrogen and oxygen atoms in total. The summed E-state index contributed by atoms with van der Waals surface area (Å²) in [6.45, 7) is 0.345. The Morgan fingerprint density at radius 1 is 1.05 bits per heavy atom. The van der Waals surface area contributed by atoms with Crippen LogP contribution in [-0.4, -0.2) is 17.8 Å². The summed E-state index contributed by atoms with van der Waals surface area (Å²) in [5.74, 6) is -0.182. The third-order valence-electron chi connectivity index (χ3n) is 3.65. The fourth-order valence-corrected chi connectivity index (χ4v) is 3.00. The van der Waals surface area contributed by atoms with Gasteiger partial charge in [0.15, 0.2) is 0 Å². The van der Waals surface area contributed by atoms with Gasteiger partial charge in [-0.3, -0.25) is 0 Å². The van der Waals surface area contributed by atoms with Gasteiger partial charge < -0.3 is 10.8 Å². The lowest BCUT2D eigenvalue weighted by Crippen LogP contribution is -2.26. The monoisotopic (exact) mass is 323 g/mol. The van der Waals surface area contributed by atoms with Crippen molar-refractivity contribution in [3.63, 3.8) is 0 Å². The molecule has 0 radical (unpaired) electrons. The molecule has 0 aliphatic heterocycles. The van der Waals surface area contributed by atoms with Crippen LogP contribution in [0.5, 0.6) is 0 Å². The Kier molecular flexibility index (Phi) is 6.07. The zero-order valence-electron chi connectivity index (χ0n) is 11.7. The number of rotatable bonds is 6. The van der Waals surface area contributed by atoms with Gasteiger partial charge in [0.2, 0.25) is 0 Å². The number of nitrogens with two attached hydrogens (primary N) is 1. The molecule has 0 aliphatic carbocycles. The molecule has 0 fully saturated rings. The minimum absolute atomic E-state index is 0.182. The first kappa shape index (κ1) is 16.3. The molecule has 0 heterocycles. The van der Waals surface area contributed by atoms with Gasteiger partial charge in [-0.15, -0.1) is 0 Å². The minimum atomic E-state index is -0.533. The quantitative estimate of drug-likeness (QED) is 0.843. The number of aryl methyl sites for hydroxylation is 1. The van der Waals surface area contributed by atoms with Crippen LogP contribution in [0.15, 0.2) is 48.5 Å². The first-order valence-corrected chi connectivity index (χ1v) is 7.74. The highest BCUT2D eigenvalue weighted by Crippen LogP contribution is 2.30. The maximum absolute atomic E-state index is 10.4. The normalized spacial score (nSPS) is 13.9. The van der Waals surface area contributed by atoms with Crippen LogP contribution in [0.3, 0.4) is 0 Å². The molecule has 21 heavy (non-hydrogen) atoms. The Balaban J connectivity index is 2.06. The summed E-state index contributed by atoms with van der Waals surface area (Å²) >= 11 is 12.1. The van der Waals surface area contributed by atoms with Gasteiger partial charge >= 0.3 is 0 Å². The van der Waals surface area contributed by atoms with E-state index in [-0.39, 0.29) is 5.92 Å². The summed E-state index contributed by atoms with van der Waals surface area (Å²) in [4.78, 5) is 0. The van der Waals surface area contributed by atoms with Crippen molar-refractivity contribution in [2.75, 3.05) is 6.54 Å². The predicted octanol–water partition coefficient (Wildman–Crippen LogP) is 4.03. The smallest absolute Gasteiger partial charge is 0.0624 e. The second kappa shape index (κ2) is 7.81. The Morgan fingerprint density at radius 3 is 2.38 bits per heavy atom. The first-order valence-electron chi connectivity index (χ1n) is 6.99. The lowest BCUT2D eigenvalue weighted by molar-refractivity contribution is 0.136. The van der Waals surface area contributed by atoms with Crippen molar-refractivity contribution in [3.05, 3.63) is 69.7 Å². The van der Waals surface area contributed by atoms with Gasteiger partial charge in [-0.25, -0.2) is 0 Å². The molecule has 112 valence electrons. The molecule has 2 atom stereocenters. The molecule has 2 aromatic rings. The van der Waals surface area contributed by atoms with Crippen molar-refractivity contribution in [2.24, 2.45) is 5.73 Å². The van der Waals surface area contributed by atoms with Crippen LogP contribution in [0.25, 0.3) is 0 Å². The third-order valence-corrected chi connectivity index (χ3v) is 4.21. The fourth-order valence-electron chi connectivity index (χ4n) is 2.45. The summed E-state index contributed by atoms with van der Waals surface area (Å²) in [5, 5.41) is 11.6. The van der Waals surface area contributed by atoms with E-state index >= 15 is 0 Å². The average molecular weight is 324 g/mol. The van der Waals surface area contributed by atoms with Crippen LogP contribution < -0.4 is 5.73 Å². The lowest BCUT2D eigenvalue weighted by Gasteiger charge is -2.23. The number of hydrogen-bond donors (Lipinski definition) is 2. The van der Waals surface area contributed by atoms with E-state index in [1.54, 1.807) is 12.1 Å². The van der Waals surface area contributed by atoms with E-state index in [4.69, 9.17) is 28.9 Å². The molecule has 0 saturated heterocycles. The highest BCUT2D eigenvalue weighted by molar-refractivity contribution is 6.35. The molecule has 0 bridgehead atoms. The first-order chi connectivity index (χ1) is 10.1. The topological polar surface area (TPSA) is 46.2 Å². The highest BCUT2D eigenvalue weighted by atomic mass is 35.5. The van der Waals surface area contributed by atoms with Gasteiger partial charge in [-0.2, -0.15) is 0 Å². The van der Waals surface area contributed by atoms with Crippen LogP contribution in [0.4, 0.5) is 0 Å². The fraction of sp³-hybridized carbons (Fsp3) is 0.294. The van der Waals surface area contributed by atoms with Gasteiger partial charge in [0.1, 0.15) is 0 Å². The van der Waals surface area contributed by atoms with Crippen LogP contribution in [0, 0.1) is 0 Å². The van der Waals surface area contributed by atoms with Crippen molar-refractivity contribution < 1.29 is 5.11 Å². The standard InChI is InChI=1S/C17H19Cl2NO/c18-13-7-8-14(16(19)10-13)15(11-20)17(21)9-6-12-4-2-1-3-5-12/h1-5,7-8,10,15,17,21H,6,9,11,20H2. The van der Waals surface area contributed by atoms with Gasteiger partial charge in [-0.05, 0) is 36.1 Å². The van der Waals surface area contributed by atoms with E-state index in [0.717, 1.165) is 12.0 Å². The number of aliphatic hydroxyl groups is 1. The summed E-state index contributed by atoms with van der Waals surface area (Å²) in [5.41, 5.74) is 7.88. The molecule has 0 amide bonds. The Bertz CT molecular complexity index is 574. The average Bonchev–Trinajstić information content (AvgIpc) is 2.49. The van der Waals surface area contributed by atoms with Gasteiger partial charge in [0.05, 0.1) is 6.10 Å². The van der Waals surface area contributed by atoms with Crippen molar-refractivity contribution in [2.45, 2.75) is 24.9 Å². The zero-order chi connectivity index (χ0) is 15.2. The number of aliphatic hydroxyl groups excluding tert-OH is 1. The van der Waals surface area contributed by atoms with E-state index < -0.39 is 6.10 Å². The van der Waals surface area contributed by atoms with Crippen LogP contribution in [0.2, 0.25) is 10.0 Å². The number of hydrogen-bond acceptors (Lipinski definition) is 2. The molecule has 0 saturated carbocycles. The van der Waals surface area contributed by atoms with Crippen molar-refractivity contribution >= 4 is 23.2 Å². The molecule has 0 spiro atoms. The van der Waals surface area contributed by atoms with Crippen LogP contribution in [0.1, 0.15) is 23.5 Å². The van der Waals surface area contributed by atoms with Crippen molar-refractivity contribution in [1.29, 1.82) is 0 Å². The molecule has 4 heteroatoms. The van der Waals surface area contributed by atoms with Gasteiger partial charge in [-0.1, -0.05) is 59.6 Å². The second-order valence-electron chi connectivity index (χ2n) is 5.10. The number of halogens is 2. The number of benzene rings is 2. The summed E-state index contributed by atoms with van der Waals surface area (Å²) in [7, 11) is 0. The molecule has 0 aromatic heterocycles. The van der Waals surface area contributed by atoms with Crippen LogP contribution in [-0.2, 0) is 6.42 Å². The van der Waals surface area contributed by atoms with E-state index in [1.807, 2.05) is 24.3 Å². The lowest BCUT2D eigenvalue weighted by atomic mass is 9.90. The molecule has 0 aliphatic rings. The molecular formula is C17H19Cl2NO. The molecule has 2 aromatic carbocycles. The van der Waals surface area contributed by atoms with E-state index in [1.165, 1.54) is 5.56 Å². The Morgan fingerprint density at radius 2 is 1.76 bits per heavy atom. The predicted molar refractivity (Wildman–Crippen MR) is 89.0 cm³/mol. The molecule has 2 unspecified atom stereocenters. The van der Waals surface area contributed by atoms with Gasteiger partial charge in [0, 0.05) is 22.5 Å². The zero-order valence-corrected chi connectivity index (χ0v) is 13.2. The Hall–Kier alpha value is -1.06. The van der Waals surface area contributed by atoms with Gasteiger partial charge in [0.25, 0.3) is 0 Å². The Labute approximate surface area is 135 Å².